The Bertz CT molecular complexity index is 486. The van der Waals surface area contributed by atoms with E-state index < -0.39 is 15.7 Å². The molecular weight excluding hydrogens is 232 g/mol. The van der Waals surface area contributed by atoms with E-state index in [-0.39, 0.29) is 23.8 Å². The zero-order valence-corrected chi connectivity index (χ0v) is 9.49. The van der Waals surface area contributed by atoms with E-state index in [4.69, 9.17) is 5.73 Å². The minimum absolute atomic E-state index is 0.0359. The van der Waals surface area contributed by atoms with Gasteiger partial charge in [0.25, 0.3) is 5.91 Å². The number of anilines is 1. The molecule has 1 aromatic rings. The molecular formula is C8H12N4O3S. The van der Waals surface area contributed by atoms with Crippen molar-refractivity contribution in [1.29, 1.82) is 0 Å². The number of sulfone groups is 1. The van der Waals surface area contributed by atoms with Gasteiger partial charge in [-0.3, -0.25) is 9.78 Å². The lowest BCUT2D eigenvalue weighted by atomic mass is 10.4. The fourth-order valence-corrected chi connectivity index (χ4v) is 1.40. The third-order valence-electron chi connectivity index (χ3n) is 1.64. The topological polar surface area (TPSA) is 115 Å². The van der Waals surface area contributed by atoms with Gasteiger partial charge in [-0.25, -0.2) is 13.4 Å². The van der Waals surface area contributed by atoms with E-state index in [0.29, 0.717) is 0 Å². The summed E-state index contributed by atoms with van der Waals surface area (Å²) >= 11 is 0. The second-order valence-corrected chi connectivity index (χ2v) is 5.47. The van der Waals surface area contributed by atoms with Crippen molar-refractivity contribution in [3.8, 4) is 0 Å². The molecule has 0 atom stereocenters. The molecule has 0 saturated carbocycles. The van der Waals surface area contributed by atoms with E-state index in [2.05, 4.69) is 15.3 Å². The number of aromatic nitrogens is 2. The van der Waals surface area contributed by atoms with Crippen LogP contribution >= 0.6 is 0 Å². The molecule has 0 spiro atoms. The molecule has 1 rings (SSSR count). The van der Waals surface area contributed by atoms with Crippen LogP contribution in [0.3, 0.4) is 0 Å². The SMILES string of the molecule is CS(=O)(=O)CCNC(=O)c1cncc(N)n1. The standard InChI is InChI=1S/C8H12N4O3S/c1-16(14,15)3-2-11-8(13)6-4-10-5-7(9)12-6/h4-5H,2-3H2,1H3,(H2,9,12)(H,11,13). The van der Waals surface area contributed by atoms with Crippen molar-refractivity contribution in [1.82, 2.24) is 15.3 Å². The summed E-state index contributed by atoms with van der Waals surface area (Å²) in [6.45, 7) is 0.0359. The van der Waals surface area contributed by atoms with Crippen LogP contribution in [0.15, 0.2) is 12.4 Å². The largest absolute Gasteiger partial charge is 0.382 e. The molecule has 0 bridgehead atoms. The number of rotatable bonds is 4. The summed E-state index contributed by atoms with van der Waals surface area (Å²) < 4.78 is 21.6. The number of nitrogens with zero attached hydrogens (tertiary/aromatic N) is 2. The molecule has 0 aliphatic rings. The minimum Gasteiger partial charge on any atom is -0.382 e. The van der Waals surface area contributed by atoms with E-state index in [1.54, 1.807) is 0 Å². The van der Waals surface area contributed by atoms with E-state index in [0.717, 1.165) is 6.26 Å². The van der Waals surface area contributed by atoms with E-state index in [1.807, 2.05) is 0 Å². The molecule has 0 aliphatic carbocycles. The molecule has 88 valence electrons. The van der Waals surface area contributed by atoms with Gasteiger partial charge in [0.15, 0.2) is 0 Å². The van der Waals surface area contributed by atoms with Crippen LogP contribution < -0.4 is 11.1 Å². The molecule has 8 heteroatoms. The van der Waals surface area contributed by atoms with Crippen LogP contribution in [0.5, 0.6) is 0 Å². The van der Waals surface area contributed by atoms with Gasteiger partial charge in [0.05, 0.1) is 18.1 Å². The molecule has 0 aromatic carbocycles. The monoisotopic (exact) mass is 244 g/mol. The number of nitrogens with two attached hydrogens (primary N) is 1. The maximum absolute atomic E-state index is 11.4. The van der Waals surface area contributed by atoms with Crippen LogP contribution in [-0.2, 0) is 9.84 Å². The maximum Gasteiger partial charge on any atom is 0.271 e. The smallest absolute Gasteiger partial charge is 0.271 e. The van der Waals surface area contributed by atoms with Gasteiger partial charge in [0.2, 0.25) is 0 Å². The quantitative estimate of drug-likeness (QED) is 0.689. The third kappa shape index (κ3) is 4.22. The molecule has 16 heavy (non-hydrogen) atoms. The van der Waals surface area contributed by atoms with Crippen molar-refractivity contribution in [3.63, 3.8) is 0 Å². The molecule has 0 unspecified atom stereocenters. The van der Waals surface area contributed by atoms with Gasteiger partial charge in [-0.05, 0) is 0 Å². The molecule has 0 fully saturated rings. The fraction of sp³-hybridized carbons (Fsp3) is 0.375. The van der Waals surface area contributed by atoms with Crippen molar-refractivity contribution in [2.45, 2.75) is 0 Å². The van der Waals surface area contributed by atoms with Gasteiger partial charge < -0.3 is 11.1 Å². The summed E-state index contributed by atoms with van der Waals surface area (Å²) in [6.07, 6.45) is 3.67. The number of carbonyl (C=O) groups is 1. The van der Waals surface area contributed by atoms with E-state index in [1.165, 1.54) is 12.4 Å². The number of hydrogen-bond donors (Lipinski definition) is 2. The zero-order chi connectivity index (χ0) is 12.2. The fourth-order valence-electron chi connectivity index (χ4n) is 0.931. The van der Waals surface area contributed by atoms with Gasteiger partial charge >= 0.3 is 0 Å². The number of nitrogen functional groups attached to an aromatic ring is 1. The van der Waals surface area contributed by atoms with Crippen molar-refractivity contribution in [2.24, 2.45) is 0 Å². The van der Waals surface area contributed by atoms with E-state index >= 15 is 0 Å². The second kappa shape index (κ2) is 4.88. The third-order valence-corrected chi connectivity index (χ3v) is 2.59. The van der Waals surface area contributed by atoms with Gasteiger partial charge in [0, 0.05) is 12.8 Å². The summed E-state index contributed by atoms with van der Waals surface area (Å²) in [6, 6.07) is 0. The van der Waals surface area contributed by atoms with Crippen molar-refractivity contribution >= 4 is 21.6 Å². The van der Waals surface area contributed by atoms with Gasteiger partial charge in [-0.1, -0.05) is 0 Å². The Kier molecular flexibility index (Phi) is 3.78. The van der Waals surface area contributed by atoms with Crippen LogP contribution in [0.25, 0.3) is 0 Å². The number of carbonyl (C=O) groups excluding carboxylic acids is 1. The minimum atomic E-state index is -3.09. The molecule has 0 saturated heterocycles. The number of nitrogens with one attached hydrogen (secondary N) is 1. The highest BCUT2D eigenvalue weighted by Gasteiger charge is 2.09. The predicted octanol–water partition coefficient (Wildman–Crippen LogP) is -1.17. The van der Waals surface area contributed by atoms with Gasteiger partial charge in [0.1, 0.15) is 21.3 Å². The van der Waals surface area contributed by atoms with Crippen molar-refractivity contribution in [2.75, 3.05) is 24.3 Å². The molecule has 0 aliphatic heterocycles. The molecule has 1 heterocycles. The van der Waals surface area contributed by atoms with Gasteiger partial charge in [-0.15, -0.1) is 0 Å². The van der Waals surface area contributed by atoms with Crippen LogP contribution in [0.1, 0.15) is 10.5 Å². The molecule has 1 amide bonds. The normalized spacial score (nSPS) is 11.1. The summed E-state index contributed by atoms with van der Waals surface area (Å²) in [7, 11) is -3.09. The Labute approximate surface area is 93.0 Å². The predicted molar refractivity (Wildman–Crippen MR) is 58.5 cm³/mol. The summed E-state index contributed by atoms with van der Waals surface area (Å²) in [4.78, 5) is 18.9. The molecule has 7 nitrogen and oxygen atoms in total. The Morgan fingerprint density at radius 3 is 2.75 bits per heavy atom. The lowest BCUT2D eigenvalue weighted by Crippen LogP contribution is -2.29. The highest BCUT2D eigenvalue weighted by Crippen LogP contribution is 1.96. The molecule has 3 N–H and O–H groups in total. The van der Waals surface area contributed by atoms with Crippen LogP contribution in [0.2, 0.25) is 0 Å². The molecule has 1 aromatic heterocycles. The van der Waals surface area contributed by atoms with Crippen molar-refractivity contribution in [3.05, 3.63) is 18.1 Å². The summed E-state index contributed by atoms with van der Waals surface area (Å²) in [5.41, 5.74) is 5.41. The Balaban J connectivity index is 2.54. The van der Waals surface area contributed by atoms with E-state index in [9.17, 15) is 13.2 Å². The maximum atomic E-state index is 11.4. The number of amides is 1. The Hall–Kier alpha value is -1.70. The lowest BCUT2D eigenvalue weighted by Gasteiger charge is -2.03. The first kappa shape index (κ1) is 12.4. The Morgan fingerprint density at radius 1 is 1.50 bits per heavy atom. The first-order valence-electron chi connectivity index (χ1n) is 4.42. The summed E-state index contributed by atoms with van der Waals surface area (Å²) in [5, 5.41) is 2.41. The Morgan fingerprint density at radius 2 is 2.19 bits per heavy atom. The highest BCUT2D eigenvalue weighted by molar-refractivity contribution is 7.90. The summed E-state index contributed by atoms with van der Waals surface area (Å²) in [5.74, 6) is -0.478. The lowest BCUT2D eigenvalue weighted by molar-refractivity contribution is 0.0951. The average Bonchev–Trinajstić information content (AvgIpc) is 2.15. The highest BCUT2D eigenvalue weighted by atomic mass is 32.2. The first-order chi connectivity index (χ1) is 7.38. The van der Waals surface area contributed by atoms with Crippen LogP contribution in [-0.4, -0.2) is 42.8 Å². The average molecular weight is 244 g/mol. The van der Waals surface area contributed by atoms with Crippen molar-refractivity contribution < 1.29 is 13.2 Å². The van der Waals surface area contributed by atoms with Gasteiger partial charge in [-0.2, -0.15) is 0 Å². The van der Waals surface area contributed by atoms with Crippen LogP contribution in [0, 0.1) is 0 Å². The molecule has 0 radical (unpaired) electrons. The second-order valence-electron chi connectivity index (χ2n) is 3.21. The zero-order valence-electron chi connectivity index (χ0n) is 8.67. The number of hydrogen-bond acceptors (Lipinski definition) is 6. The van der Waals surface area contributed by atoms with Crippen LogP contribution in [0.4, 0.5) is 5.82 Å². The first-order valence-corrected chi connectivity index (χ1v) is 6.48.